The van der Waals surface area contributed by atoms with Gasteiger partial charge in [0.2, 0.25) is 5.88 Å². The topological polar surface area (TPSA) is 53.5 Å². The lowest BCUT2D eigenvalue weighted by atomic mass is 10.1. The Hall–Kier alpha value is -2.14. The van der Waals surface area contributed by atoms with E-state index in [2.05, 4.69) is 24.0 Å². The molecule has 172 valence electrons. The van der Waals surface area contributed by atoms with E-state index < -0.39 is 0 Å². The molecule has 0 bridgehead atoms. The van der Waals surface area contributed by atoms with Gasteiger partial charge in [-0.05, 0) is 50.1 Å². The van der Waals surface area contributed by atoms with Crippen molar-refractivity contribution < 1.29 is 14.2 Å². The van der Waals surface area contributed by atoms with Gasteiger partial charge < -0.3 is 14.2 Å². The van der Waals surface area contributed by atoms with Crippen molar-refractivity contribution in [1.82, 2.24) is 10.2 Å². The van der Waals surface area contributed by atoms with Crippen LogP contribution in [0.15, 0.2) is 36.4 Å². The van der Waals surface area contributed by atoms with Crippen LogP contribution in [0.4, 0.5) is 0 Å². The van der Waals surface area contributed by atoms with Crippen molar-refractivity contribution in [3.8, 4) is 22.9 Å². The maximum absolute atomic E-state index is 5.83. The van der Waals surface area contributed by atoms with E-state index in [0.29, 0.717) is 12.5 Å². The summed E-state index contributed by atoms with van der Waals surface area (Å²) in [4.78, 5) is 0. The first-order chi connectivity index (χ1) is 15.2. The van der Waals surface area contributed by atoms with Gasteiger partial charge in [-0.25, -0.2) is 0 Å². The first-order valence-electron chi connectivity index (χ1n) is 12.0. The molecule has 0 amide bonds. The molecule has 0 aliphatic rings. The standard InChI is InChI=1S/C26H40N2O3/c1-4-6-8-10-12-20-30-24-15-13-23(14-16-24)25-17-18-26(28-27-25)31-21-22(3)29-19-11-9-7-5-2/h13-18,22H,4-12,19-21H2,1-3H3. The monoisotopic (exact) mass is 428 g/mol. The summed E-state index contributed by atoms with van der Waals surface area (Å²) in [7, 11) is 0. The van der Waals surface area contributed by atoms with Gasteiger partial charge in [0.25, 0.3) is 0 Å². The number of rotatable bonds is 17. The minimum absolute atomic E-state index is 0.0438. The second kappa shape index (κ2) is 15.6. The Labute approximate surface area is 188 Å². The Morgan fingerprint density at radius 1 is 0.710 bits per heavy atom. The fourth-order valence-electron chi connectivity index (χ4n) is 3.23. The SMILES string of the molecule is CCCCCCCOc1ccc(-c2ccc(OCC(C)OCCCCCC)nn2)cc1. The summed E-state index contributed by atoms with van der Waals surface area (Å²) in [6.45, 7) is 8.51. The normalized spacial score (nSPS) is 12.0. The molecule has 0 N–H and O–H groups in total. The average Bonchev–Trinajstić information content (AvgIpc) is 2.80. The van der Waals surface area contributed by atoms with E-state index in [-0.39, 0.29) is 6.10 Å². The Balaban J connectivity index is 1.69. The van der Waals surface area contributed by atoms with Gasteiger partial charge in [0, 0.05) is 18.2 Å². The number of hydrogen-bond acceptors (Lipinski definition) is 5. The lowest BCUT2D eigenvalue weighted by molar-refractivity contribution is 0.0289. The van der Waals surface area contributed by atoms with Crippen LogP contribution in [0.25, 0.3) is 11.3 Å². The van der Waals surface area contributed by atoms with Crippen molar-refractivity contribution in [2.75, 3.05) is 19.8 Å². The molecule has 1 aromatic carbocycles. The average molecular weight is 429 g/mol. The number of aromatic nitrogens is 2. The summed E-state index contributed by atoms with van der Waals surface area (Å²) >= 11 is 0. The van der Waals surface area contributed by atoms with Crippen LogP contribution in [0.2, 0.25) is 0 Å². The smallest absolute Gasteiger partial charge is 0.233 e. The molecule has 31 heavy (non-hydrogen) atoms. The number of ether oxygens (including phenoxy) is 3. The molecule has 1 unspecified atom stereocenters. The van der Waals surface area contributed by atoms with Crippen LogP contribution in [-0.2, 0) is 4.74 Å². The fraction of sp³-hybridized carbons (Fsp3) is 0.615. The number of nitrogens with zero attached hydrogens (tertiary/aromatic N) is 2. The van der Waals surface area contributed by atoms with Crippen LogP contribution < -0.4 is 9.47 Å². The van der Waals surface area contributed by atoms with Crippen molar-refractivity contribution in [3.63, 3.8) is 0 Å². The van der Waals surface area contributed by atoms with E-state index in [1.807, 2.05) is 43.3 Å². The van der Waals surface area contributed by atoms with Crippen LogP contribution in [0.1, 0.15) is 78.6 Å². The predicted octanol–water partition coefficient (Wildman–Crippen LogP) is 6.86. The van der Waals surface area contributed by atoms with Gasteiger partial charge in [0.05, 0.1) is 18.4 Å². The van der Waals surface area contributed by atoms with Gasteiger partial charge in [-0.1, -0.05) is 58.8 Å². The second-order valence-electron chi connectivity index (χ2n) is 8.10. The third kappa shape index (κ3) is 10.6. The molecule has 2 rings (SSSR count). The van der Waals surface area contributed by atoms with Crippen LogP contribution in [0.5, 0.6) is 11.6 Å². The maximum Gasteiger partial charge on any atom is 0.233 e. The molecule has 2 aromatic rings. The Kier molecular flexibility index (Phi) is 12.7. The van der Waals surface area contributed by atoms with Crippen molar-refractivity contribution in [2.45, 2.75) is 84.7 Å². The Morgan fingerprint density at radius 3 is 2.06 bits per heavy atom. The molecule has 0 aliphatic heterocycles. The lowest BCUT2D eigenvalue weighted by Crippen LogP contribution is -2.19. The summed E-state index contributed by atoms with van der Waals surface area (Å²) in [5.41, 5.74) is 1.83. The van der Waals surface area contributed by atoms with E-state index in [1.165, 1.54) is 44.9 Å². The molecule has 0 saturated carbocycles. The fourth-order valence-corrected chi connectivity index (χ4v) is 3.23. The maximum atomic E-state index is 5.83. The van der Waals surface area contributed by atoms with Crippen LogP contribution in [0, 0.1) is 0 Å². The van der Waals surface area contributed by atoms with E-state index in [0.717, 1.165) is 43.1 Å². The molecule has 0 aliphatic carbocycles. The zero-order valence-electron chi connectivity index (χ0n) is 19.6. The van der Waals surface area contributed by atoms with Crippen LogP contribution in [0.3, 0.4) is 0 Å². The molecular formula is C26H40N2O3. The highest BCUT2D eigenvalue weighted by atomic mass is 16.5. The molecule has 0 fully saturated rings. The summed E-state index contributed by atoms with van der Waals surface area (Å²) in [6, 6.07) is 11.8. The molecule has 0 saturated heterocycles. The van der Waals surface area contributed by atoms with Crippen LogP contribution >= 0.6 is 0 Å². The largest absolute Gasteiger partial charge is 0.494 e. The van der Waals surface area contributed by atoms with Gasteiger partial charge in [-0.3, -0.25) is 0 Å². The van der Waals surface area contributed by atoms with E-state index in [9.17, 15) is 0 Å². The van der Waals surface area contributed by atoms with Crippen molar-refractivity contribution in [3.05, 3.63) is 36.4 Å². The number of hydrogen-bond donors (Lipinski definition) is 0. The predicted molar refractivity (Wildman–Crippen MR) is 127 cm³/mol. The minimum atomic E-state index is 0.0438. The van der Waals surface area contributed by atoms with Gasteiger partial charge in [-0.15, -0.1) is 10.2 Å². The summed E-state index contributed by atoms with van der Waals surface area (Å²) in [6.07, 6.45) is 11.1. The van der Waals surface area contributed by atoms with Crippen molar-refractivity contribution in [2.24, 2.45) is 0 Å². The minimum Gasteiger partial charge on any atom is -0.494 e. The number of unbranched alkanes of at least 4 members (excludes halogenated alkanes) is 7. The second-order valence-corrected chi connectivity index (χ2v) is 8.10. The van der Waals surface area contributed by atoms with E-state index in [1.54, 1.807) is 0 Å². The summed E-state index contributed by atoms with van der Waals surface area (Å²) in [5.74, 6) is 1.42. The quantitative estimate of drug-likeness (QED) is 0.258. The molecule has 1 heterocycles. The van der Waals surface area contributed by atoms with Gasteiger partial charge in [0.15, 0.2) is 0 Å². The molecule has 1 aromatic heterocycles. The number of benzene rings is 1. The van der Waals surface area contributed by atoms with Crippen molar-refractivity contribution >= 4 is 0 Å². The van der Waals surface area contributed by atoms with Crippen molar-refractivity contribution in [1.29, 1.82) is 0 Å². The first kappa shape index (κ1) is 25.1. The molecule has 5 nitrogen and oxygen atoms in total. The molecule has 0 spiro atoms. The zero-order valence-corrected chi connectivity index (χ0v) is 19.6. The third-order valence-electron chi connectivity index (χ3n) is 5.17. The molecule has 5 heteroatoms. The highest BCUT2D eigenvalue weighted by Crippen LogP contribution is 2.21. The highest BCUT2D eigenvalue weighted by molar-refractivity contribution is 5.59. The van der Waals surface area contributed by atoms with Gasteiger partial charge >= 0.3 is 0 Å². The van der Waals surface area contributed by atoms with Gasteiger partial charge in [0.1, 0.15) is 12.4 Å². The van der Waals surface area contributed by atoms with Gasteiger partial charge in [-0.2, -0.15) is 0 Å². The molecular weight excluding hydrogens is 388 g/mol. The lowest BCUT2D eigenvalue weighted by Gasteiger charge is -2.13. The van der Waals surface area contributed by atoms with Crippen LogP contribution in [-0.4, -0.2) is 36.1 Å². The first-order valence-corrected chi connectivity index (χ1v) is 12.0. The molecule has 0 radical (unpaired) electrons. The zero-order chi connectivity index (χ0) is 22.2. The molecule has 1 atom stereocenters. The summed E-state index contributed by atoms with van der Waals surface area (Å²) in [5, 5.41) is 8.50. The Bertz CT molecular complexity index is 689. The Morgan fingerprint density at radius 2 is 1.39 bits per heavy atom. The van der Waals surface area contributed by atoms with E-state index in [4.69, 9.17) is 14.2 Å². The summed E-state index contributed by atoms with van der Waals surface area (Å²) < 4.78 is 17.3. The third-order valence-corrected chi connectivity index (χ3v) is 5.17. The van der Waals surface area contributed by atoms with E-state index >= 15 is 0 Å². The highest BCUT2D eigenvalue weighted by Gasteiger charge is 2.06.